The van der Waals surface area contributed by atoms with Crippen molar-refractivity contribution in [3.63, 3.8) is 0 Å². The molecule has 0 unspecified atom stereocenters. The fourth-order valence-corrected chi connectivity index (χ4v) is 1.31. The van der Waals surface area contributed by atoms with Crippen molar-refractivity contribution in [3.8, 4) is 0 Å². The Bertz CT molecular complexity index is 293. The first-order chi connectivity index (χ1) is 5.41. The molecule has 4 N–H and O–H groups in total. The van der Waals surface area contributed by atoms with E-state index in [4.69, 9.17) is 46.3 Å². The van der Waals surface area contributed by atoms with Gasteiger partial charge >= 0.3 is 0 Å². The Morgan fingerprint density at radius 1 is 1.08 bits per heavy atom. The van der Waals surface area contributed by atoms with E-state index in [0.29, 0.717) is 16.9 Å². The third-order valence-electron chi connectivity index (χ3n) is 1.38. The second-order valence-corrected chi connectivity index (χ2v) is 4.63. The number of halogens is 3. The molecule has 0 aromatic heterocycles. The summed E-state index contributed by atoms with van der Waals surface area (Å²) in [4.78, 5) is 0. The molecule has 1 aromatic carbocycles. The Kier molecular flexibility index (Phi) is 2.61. The molecule has 66 valence electrons. The molecular formula is C7H7Cl3N2. The van der Waals surface area contributed by atoms with Crippen LogP contribution in [-0.4, -0.2) is 0 Å². The van der Waals surface area contributed by atoms with Gasteiger partial charge in [-0.25, -0.2) is 0 Å². The molecule has 0 aliphatic heterocycles. The monoisotopic (exact) mass is 224 g/mol. The van der Waals surface area contributed by atoms with Crippen LogP contribution in [0.1, 0.15) is 5.56 Å². The summed E-state index contributed by atoms with van der Waals surface area (Å²) in [6.07, 6.45) is 0. The van der Waals surface area contributed by atoms with E-state index in [1.807, 2.05) is 0 Å². The average molecular weight is 226 g/mol. The van der Waals surface area contributed by atoms with Crippen LogP contribution in [0.5, 0.6) is 0 Å². The van der Waals surface area contributed by atoms with Crippen molar-refractivity contribution in [3.05, 3.63) is 23.8 Å². The summed E-state index contributed by atoms with van der Waals surface area (Å²) in [7, 11) is 0. The van der Waals surface area contributed by atoms with Crippen molar-refractivity contribution in [1.29, 1.82) is 0 Å². The van der Waals surface area contributed by atoms with E-state index in [2.05, 4.69) is 0 Å². The van der Waals surface area contributed by atoms with Crippen molar-refractivity contribution >= 4 is 46.2 Å². The third kappa shape index (κ3) is 2.09. The van der Waals surface area contributed by atoms with E-state index in [9.17, 15) is 0 Å². The minimum Gasteiger partial charge on any atom is -0.399 e. The van der Waals surface area contributed by atoms with Crippen LogP contribution in [0.3, 0.4) is 0 Å². The Morgan fingerprint density at radius 3 is 2.08 bits per heavy atom. The molecule has 0 atom stereocenters. The van der Waals surface area contributed by atoms with Crippen LogP contribution >= 0.6 is 34.8 Å². The van der Waals surface area contributed by atoms with Gasteiger partial charge in [0, 0.05) is 16.9 Å². The van der Waals surface area contributed by atoms with E-state index >= 15 is 0 Å². The second-order valence-electron chi connectivity index (χ2n) is 2.34. The van der Waals surface area contributed by atoms with Crippen molar-refractivity contribution in [2.75, 3.05) is 11.5 Å². The Labute approximate surface area is 85.4 Å². The van der Waals surface area contributed by atoms with Gasteiger partial charge in [-0.1, -0.05) is 34.8 Å². The van der Waals surface area contributed by atoms with E-state index in [1.54, 1.807) is 18.2 Å². The van der Waals surface area contributed by atoms with Gasteiger partial charge in [0.1, 0.15) is 0 Å². The highest BCUT2D eigenvalue weighted by molar-refractivity contribution is 6.67. The third-order valence-corrected chi connectivity index (χ3v) is 1.99. The number of anilines is 2. The Hall–Kier alpha value is -0.310. The van der Waals surface area contributed by atoms with Crippen LogP contribution in [0.25, 0.3) is 0 Å². The average Bonchev–Trinajstić information content (AvgIpc) is 1.92. The molecule has 0 radical (unpaired) electrons. The van der Waals surface area contributed by atoms with Crippen LogP contribution in [-0.2, 0) is 3.79 Å². The first-order valence-electron chi connectivity index (χ1n) is 3.13. The van der Waals surface area contributed by atoms with Crippen molar-refractivity contribution < 1.29 is 0 Å². The first-order valence-corrected chi connectivity index (χ1v) is 4.27. The second kappa shape index (κ2) is 3.21. The van der Waals surface area contributed by atoms with Gasteiger partial charge in [0.2, 0.25) is 3.79 Å². The molecule has 2 nitrogen and oxygen atoms in total. The molecule has 1 aromatic rings. The summed E-state index contributed by atoms with van der Waals surface area (Å²) in [5.74, 6) is 0. The van der Waals surface area contributed by atoms with Crippen LogP contribution in [0.15, 0.2) is 18.2 Å². The maximum Gasteiger partial charge on any atom is 0.218 e. The zero-order valence-electron chi connectivity index (χ0n) is 6.02. The van der Waals surface area contributed by atoms with E-state index < -0.39 is 3.79 Å². The highest BCUT2D eigenvalue weighted by Gasteiger charge is 2.25. The molecule has 0 aliphatic rings. The molecule has 0 amide bonds. The van der Waals surface area contributed by atoms with Crippen molar-refractivity contribution in [2.24, 2.45) is 0 Å². The lowest BCUT2D eigenvalue weighted by molar-refractivity contribution is 1.25. The summed E-state index contributed by atoms with van der Waals surface area (Å²) >= 11 is 16.9. The van der Waals surface area contributed by atoms with Gasteiger partial charge in [-0.15, -0.1) is 0 Å². The van der Waals surface area contributed by atoms with E-state index in [1.165, 1.54) is 0 Å². The molecule has 0 bridgehead atoms. The Morgan fingerprint density at radius 2 is 1.67 bits per heavy atom. The highest BCUT2D eigenvalue weighted by atomic mass is 35.6. The van der Waals surface area contributed by atoms with Gasteiger partial charge in [0.15, 0.2) is 0 Å². The number of hydrogen-bond acceptors (Lipinski definition) is 2. The zero-order valence-corrected chi connectivity index (χ0v) is 8.29. The van der Waals surface area contributed by atoms with Gasteiger partial charge in [0.05, 0.1) is 0 Å². The fraction of sp³-hybridized carbons (Fsp3) is 0.143. The van der Waals surface area contributed by atoms with Gasteiger partial charge < -0.3 is 11.5 Å². The lowest BCUT2D eigenvalue weighted by atomic mass is 10.2. The molecule has 5 heteroatoms. The smallest absolute Gasteiger partial charge is 0.218 e. The molecule has 0 saturated carbocycles. The fourth-order valence-electron chi connectivity index (χ4n) is 0.819. The van der Waals surface area contributed by atoms with E-state index in [0.717, 1.165) is 0 Å². The SMILES string of the molecule is Nc1ccc(N)c(C(Cl)(Cl)Cl)c1. The van der Waals surface area contributed by atoms with Crippen LogP contribution in [0.2, 0.25) is 0 Å². The molecule has 0 spiro atoms. The summed E-state index contributed by atoms with van der Waals surface area (Å²) in [6.45, 7) is 0. The summed E-state index contributed by atoms with van der Waals surface area (Å²) in [5.41, 5.74) is 12.4. The Balaban J connectivity index is 3.23. The number of alkyl halides is 3. The summed E-state index contributed by atoms with van der Waals surface area (Å²) < 4.78 is -1.51. The van der Waals surface area contributed by atoms with Gasteiger partial charge in [0.25, 0.3) is 0 Å². The maximum atomic E-state index is 5.63. The minimum absolute atomic E-state index is 0.410. The molecule has 0 saturated heterocycles. The number of rotatable bonds is 0. The normalized spacial score (nSPS) is 11.6. The predicted octanol–water partition coefficient (Wildman–Crippen LogP) is 2.68. The molecule has 0 heterocycles. The number of hydrogen-bond donors (Lipinski definition) is 2. The summed E-state index contributed by atoms with van der Waals surface area (Å²) in [5, 5.41) is 0. The minimum atomic E-state index is -1.51. The predicted molar refractivity (Wildman–Crippen MR) is 54.5 cm³/mol. The van der Waals surface area contributed by atoms with Crippen molar-refractivity contribution in [2.45, 2.75) is 3.79 Å². The number of nitrogens with two attached hydrogens (primary N) is 2. The molecular weight excluding hydrogens is 218 g/mol. The van der Waals surface area contributed by atoms with Gasteiger partial charge in [-0.05, 0) is 18.2 Å². The van der Waals surface area contributed by atoms with Gasteiger partial charge in [-0.2, -0.15) is 0 Å². The topological polar surface area (TPSA) is 52.0 Å². The molecule has 12 heavy (non-hydrogen) atoms. The number of nitrogen functional groups attached to an aromatic ring is 2. The summed E-state index contributed by atoms with van der Waals surface area (Å²) in [6, 6.07) is 4.80. The van der Waals surface area contributed by atoms with Crippen LogP contribution < -0.4 is 11.5 Å². The number of benzene rings is 1. The van der Waals surface area contributed by atoms with Crippen LogP contribution in [0.4, 0.5) is 11.4 Å². The van der Waals surface area contributed by atoms with Crippen molar-refractivity contribution in [1.82, 2.24) is 0 Å². The lowest BCUT2D eigenvalue weighted by Crippen LogP contribution is -2.05. The lowest BCUT2D eigenvalue weighted by Gasteiger charge is -2.14. The first kappa shape index (κ1) is 9.78. The maximum absolute atomic E-state index is 5.63. The van der Waals surface area contributed by atoms with Gasteiger partial charge in [-0.3, -0.25) is 0 Å². The quantitative estimate of drug-likeness (QED) is 0.527. The molecule has 0 aliphatic carbocycles. The molecule has 1 rings (SSSR count). The largest absolute Gasteiger partial charge is 0.399 e. The van der Waals surface area contributed by atoms with E-state index in [-0.39, 0.29) is 0 Å². The zero-order chi connectivity index (χ0) is 9.35. The molecule has 0 fully saturated rings. The standard InChI is InChI=1S/C7H7Cl3N2/c8-7(9,10)5-3-4(11)1-2-6(5)12/h1-3H,11-12H2. The highest BCUT2D eigenvalue weighted by Crippen LogP contribution is 2.41. The van der Waals surface area contributed by atoms with Crippen LogP contribution in [0, 0.1) is 0 Å².